The third-order valence-corrected chi connectivity index (χ3v) is 7.43. The van der Waals surface area contributed by atoms with Crippen LogP contribution in [-0.2, 0) is 22.4 Å². The van der Waals surface area contributed by atoms with Crippen LogP contribution in [-0.4, -0.2) is 58.6 Å². The van der Waals surface area contributed by atoms with E-state index >= 15 is 0 Å². The van der Waals surface area contributed by atoms with Crippen LogP contribution in [0.3, 0.4) is 0 Å². The number of carbonyl (C=O) groups is 2. The Morgan fingerprint density at radius 2 is 2.08 bits per heavy atom. The Morgan fingerprint density at radius 3 is 2.73 bits per heavy atom. The van der Waals surface area contributed by atoms with Crippen molar-refractivity contribution in [1.29, 1.82) is 5.41 Å². The highest BCUT2D eigenvalue weighted by molar-refractivity contribution is 7.19. The van der Waals surface area contributed by atoms with Gasteiger partial charge in [0.25, 0.3) is 0 Å². The molecule has 2 amide bonds. The van der Waals surface area contributed by atoms with Gasteiger partial charge in [-0.3, -0.25) is 4.79 Å². The quantitative estimate of drug-likeness (QED) is 0.182. The van der Waals surface area contributed by atoms with Gasteiger partial charge in [-0.15, -0.1) is 11.3 Å². The molecule has 2 heterocycles. The monoisotopic (exact) mass is 569 g/mol. The van der Waals surface area contributed by atoms with Crippen molar-refractivity contribution in [2.24, 2.45) is 5.92 Å². The van der Waals surface area contributed by atoms with Crippen LogP contribution in [0.1, 0.15) is 56.5 Å². The number of hydrogen-bond acceptors (Lipinski definition) is 10. The minimum absolute atomic E-state index is 0.152. The summed E-state index contributed by atoms with van der Waals surface area (Å²) in [5.41, 5.74) is 8.84. The van der Waals surface area contributed by atoms with Gasteiger partial charge in [0, 0.05) is 41.7 Å². The number of carbonyl (C=O) groups excluding carboxylic acids is 2. The van der Waals surface area contributed by atoms with E-state index in [-0.39, 0.29) is 18.9 Å². The van der Waals surface area contributed by atoms with E-state index in [4.69, 9.17) is 21.0 Å². The lowest BCUT2D eigenvalue weighted by atomic mass is 9.89. The molecule has 2 atom stereocenters. The van der Waals surface area contributed by atoms with Crippen LogP contribution >= 0.6 is 11.3 Å². The van der Waals surface area contributed by atoms with E-state index in [1.54, 1.807) is 38.4 Å². The zero-order valence-electron chi connectivity index (χ0n) is 23.6. The number of rotatable bonds is 7. The van der Waals surface area contributed by atoms with Crippen LogP contribution in [0.4, 0.5) is 22.0 Å². The molecular weight excluding hydrogens is 530 g/mol. The van der Waals surface area contributed by atoms with Gasteiger partial charge in [-0.2, -0.15) is 0 Å². The zero-order valence-corrected chi connectivity index (χ0v) is 24.4. The maximum Gasteiger partial charge on any atom is 0.408 e. The van der Waals surface area contributed by atoms with Gasteiger partial charge in [-0.25, -0.2) is 14.8 Å². The summed E-state index contributed by atoms with van der Waals surface area (Å²) in [6.07, 6.45) is 5.80. The molecule has 11 nitrogen and oxygen atoms in total. The minimum atomic E-state index is -0.773. The fourth-order valence-electron chi connectivity index (χ4n) is 4.31. The SMILES string of the molecule is CC1CCc2c(sc3ncnc(Nc4ccc(N)c(C=N)c4)c23)C1.CNC(=O)C(CCO)NC(=O)OC(C)(C)C. The molecule has 0 aliphatic heterocycles. The average Bonchev–Trinajstić information content (AvgIpc) is 3.26. The van der Waals surface area contributed by atoms with E-state index in [0.717, 1.165) is 40.5 Å². The number of benzene rings is 1. The van der Waals surface area contributed by atoms with Gasteiger partial charge in [-0.1, -0.05) is 6.92 Å². The highest BCUT2D eigenvalue weighted by Gasteiger charge is 2.24. The van der Waals surface area contributed by atoms with Crippen LogP contribution < -0.4 is 21.7 Å². The Bertz CT molecular complexity index is 1350. The molecule has 0 saturated heterocycles. The lowest BCUT2D eigenvalue weighted by Gasteiger charge is -2.22. The standard InChI is InChI=1S/C18H19N5S.C10H20N2O4/c1-10-2-4-13-15(6-10)24-18-16(13)17(21-9-22-18)23-12-3-5-14(20)11(7-12)8-19;1-10(2,3)16-9(15)12-7(5-6-13)8(14)11-4/h3,5,7-10,19H,2,4,6,20H2,1H3,(H,21,22,23);7,13H,5-6H2,1-4H3,(H,11,14)(H,12,15). The Morgan fingerprint density at radius 1 is 1.32 bits per heavy atom. The van der Waals surface area contributed by atoms with Crippen molar-refractivity contribution < 1.29 is 19.4 Å². The molecule has 1 aromatic carbocycles. The Hall–Kier alpha value is -3.77. The van der Waals surface area contributed by atoms with Crippen LogP contribution in [0.2, 0.25) is 0 Å². The van der Waals surface area contributed by atoms with Crippen molar-refractivity contribution in [1.82, 2.24) is 20.6 Å². The van der Waals surface area contributed by atoms with Gasteiger partial charge in [-0.05, 0) is 76.1 Å². The topological polar surface area (TPSA) is 175 Å². The second-order valence-corrected chi connectivity index (χ2v) is 11.8. The molecule has 2 unspecified atom stereocenters. The molecule has 1 aliphatic rings. The fraction of sp³-hybridized carbons (Fsp3) is 0.464. The van der Waals surface area contributed by atoms with E-state index in [9.17, 15) is 9.59 Å². The first-order valence-corrected chi connectivity index (χ1v) is 14.0. The van der Waals surface area contributed by atoms with Crippen molar-refractivity contribution in [3.63, 3.8) is 0 Å². The summed E-state index contributed by atoms with van der Waals surface area (Å²) < 4.78 is 5.00. The van der Waals surface area contributed by atoms with Crippen molar-refractivity contribution in [2.45, 2.75) is 65.0 Å². The number of anilines is 3. The van der Waals surface area contributed by atoms with Gasteiger partial charge in [0.05, 0.1) is 5.39 Å². The number of likely N-dealkylation sites (N-methyl/N-ethyl adjacent to an activating group) is 1. The number of aromatic nitrogens is 2. The first-order valence-electron chi connectivity index (χ1n) is 13.2. The molecule has 3 aromatic rings. The molecule has 40 heavy (non-hydrogen) atoms. The fourth-order valence-corrected chi connectivity index (χ4v) is 5.66. The third kappa shape index (κ3) is 8.12. The van der Waals surface area contributed by atoms with Gasteiger partial charge in [0.2, 0.25) is 5.91 Å². The van der Waals surface area contributed by atoms with E-state index in [1.807, 2.05) is 18.2 Å². The molecular formula is C28H39N7O4S. The first kappa shape index (κ1) is 30.8. The highest BCUT2D eigenvalue weighted by atomic mass is 32.1. The van der Waals surface area contributed by atoms with Crippen LogP contribution in [0.5, 0.6) is 0 Å². The number of nitrogens with one attached hydrogen (secondary N) is 4. The molecule has 0 saturated carbocycles. The van der Waals surface area contributed by atoms with Crippen molar-refractivity contribution in [3.8, 4) is 0 Å². The van der Waals surface area contributed by atoms with E-state index in [1.165, 1.54) is 30.1 Å². The molecule has 0 fully saturated rings. The number of ether oxygens (including phenoxy) is 1. The largest absolute Gasteiger partial charge is 0.444 e. The number of nitrogens with two attached hydrogens (primary N) is 1. The molecule has 0 radical (unpaired) electrons. The van der Waals surface area contributed by atoms with Crippen LogP contribution in [0.25, 0.3) is 10.2 Å². The third-order valence-electron chi connectivity index (χ3n) is 6.27. The summed E-state index contributed by atoms with van der Waals surface area (Å²) in [5, 5.41) is 25.5. The number of aryl methyl sites for hydroxylation is 1. The molecule has 2 aromatic heterocycles. The molecule has 1 aliphatic carbocycles. The second kappa shape index (κ2) is 13.5. The molecule has 0 spiro atoms. The van der Waals surface area contributed by atoms with Crippen molar-refractivity contribution in [2.75, 3.05) is 24.7 Å². The molecule has 4 rings (SSSR count). The number of aliphatic hydroxyl groups is 1. The maximum absolute atomic E-state index is 11.4. The highest BCUT2D eigenvalue weighted by Crippen LogP contribution is 2.40. The molecule has 216 valence electrons. The van der Waals surface area contributed by atoms with E-state index < -0.39 is 17.7 Å². The number of alkyl carbamates (subject to hydrolysis) is 1. The lowest BCUT2D eigenvalue weighted by Crippen LogP contribution is -2.47. The number of nitrogens with zero attached hydrogens (tertiary/aromatic N) is 2. The van der Waals surface area contributed by atoms with Gasteiger partial charge in [0.15, 0.2) is 0 Å². The second-order valence-electron chi connectivity index (χ2n) is 10.7. The van der Waals surface area contributed by atoms with E-state index in [0.29, 0.717) is 11.3 Å². The summed E-state index contributed by atoms with van der Waals surface area (Å²) in [6, 6.07) is 4.82. The number of fused-ring (bicyclic) bond motifs is 3. The number of thiophene rings is 1. The Balaban J connectivity index is 0.000000243. The zero-order chi connectivity index (χ0) is 29.4. The van der Waals surface area contributed by atoms with Crippen molar-refractivity contribution in [3.05, 3.63) is 40.5 Å². The molecule has 12 heteroatoms. The predicted molar refractivity (Wildman–Crippen MR) is 160 cm³/mol. The number of aliphatic hydroxyl groups excluding tert-OH is 1. The lowest BCUT2D eigenvalue weighted by molar-refractivity contribution is -0.123. The summed E-state index contributed by atoms with van der Waals surface area (Å²) in [5.74, 6) is 1.22. The summed E-state index contributed by atoms with van der Waals surface area (Å²) >= 11 is 1.79. The summed E-state index contributed by atoms with van der Waals surface area (Å²) in [4.78, 5) is 34.1. The molecule has 0 bridgehead atoms. The number of amides is 2. The maximum atomic E-state index is 11.4. The smallest absolute Gasteiger partial charge is 0.408 e. The minimum Gasteiger partial charge on any atom is -0.444 e. The van der Waals surface area contributed by atoms with E-state index in [2.05, 4.69) is 32.8 Å². The van der Waals surface area contributed by atoms with Gasteiger partial charge < -0.3 is 36.9 Å². The predicted octanol–water partition coefficient (Wildman–Crippen LogP) is 4.15. The van der Waals surface area contributed by atoms with Gasteiger partial charge >= 0.3 is 6.09 Å². The molecule has 7 N–H and O–H groups in total. The van der Waals surface area contributed by atoms with Crippen molar-refractivity contribution >= 4 is 57.0 Å². The van der Waals surface area contributed by atoms with Crippen LogP contribution in [0, 0.1) is 11.3 Å². The Labute approximate surface area is 238 Å². The van der Waals surface area contributed by atoms with Gasteiger partial charge in [0.1, 0.15) is 28.6 Å². The summed E-state index contributed by atoms with van der Waals surface area (Å²) in [7, 11) is 1.46. The normalized spacial score (nSPS) is 15.2. The number of nitrogen functional groups attached to an aromatic ring is 1. The average molecular weight is 570 g/mol. The Kier molecular flexibility index (Phi) is 10.4. The number of hydrogen-bond donors (Lipinski definition) is 6. The first-order chi connectivity index (χ1) is 18.9. The summed E-state index contributed by atoms with van der Waals surface area (Å²) in [6.45, 7) is 7.31. The van der Waals surface area contributed by atoms with Crippen LogP contribution in [0.15, 0.2) is 24.5 Å².